The fraction of sp³-hybridized carbons (Fsp3) is 0.0169. The molecule has 2 aliphatic carbocycles. The molecule has 0 fully saturated rings. The maximum Gasteiger partial charge on any atom is 0.137 e. The summed E-state index contributed by atoms with van der Waals surface area (Å²) in [5.41, 5.74) is 19.5. The van der Waals surface area contributed by atoms with E-state index >= 15 is 0 Å². The van der Waals surface area contributed by atoms with Gasteiger partial charge in [-0.3, -0.25) is 0 Å². The van der Waals surface area contributed by atoms with E-state index in [-0.39, 0.29) is 0 Å². The Labute approximate surface area is 354 Å². The first-order chi connectivity index (χ1) is 30.3. The monoisotopic (exact) mass is 775 g/mol. The van der Waals surface area contributed by atoms with Crippen molar-refractivity contribution in [2.24, 2.45) is 0 Å². The van der Waals surface area contributed by atoms with Gasteiger partial charge in [-0.1, -0.05) is 176 Å². The average molecular weight is 776 g/mol. The third-order valence-corrected chi connectivity index (χ3v) is 13.3. The number of nitrogens with zero attached hydrogens (tertiary/aromatic N) is 1. The molecule has 2 nitrogen and oxygen atoms in total. The van der Waals surface area contributed by atoms with Crippen molar-refractivity contribution in [3.63, 3.8) is 0 Å². The minimum Gasteiger partial charge on any atom is -0.456 e. The van der Waals surface area contributed by atoms with Crippen molar-refractivity contribution in [1.29, 1.82) is 0 Å². The summed E-state index contributed by atoms with van der Waals surface area (Å²) in [6.07, 6.45) is 0. The van der Waals surface area contributed by atoms with E-state index in [1.54, 1.807) is 0 Å². The molecule has 1 heterocycles. The second kappa shape index (κ2) is 13.0. The van der Waals surface area contributed by atoms with Crippen LogP contribution in [0.2, 0.25) is 0 Å². The maximum atomic E-state index is 6.53. The lowest BCUT2D eigenvalue weighted by molar-refractivity contribution is 0.669. The molecule has 284 valence electrons. The lowest BCUT2D eigenvalue weighted by Crippen LogP contribution is -2.32. The second-order valence-electron chi connectivity index (χ2n) is 16.4. The molecule has 0 radical (unpaired) electrons. The molecular formula is C59H37NO. The van der Waals surface area contributed by atoms with Crippen molar-refractivity contribution in [1.82, 2.24) is 0 Å². The van der Waals surface area contributed by atoms with E-state index in [4.69, 9.17) is 4.42 Å². The third kappa shape index (κ3) is 4.85. The van der Waals surface area contributed by atoms with Gasteiger partial charge in [0.2, 0.25) is 0 Å². The quantitative estimate of drug-likeness (QED) is 0.173. The number of hydrogen-bond acceptors (Lipinski definition) is 2. The normalized spacial score (nSPS) is 14.6. The van der Waals surface area contributed by atoms with Gasteiger partial charge in [-0.05, 0) is 120 Å². The van der Waals surface area contributed by atoms with Crippen LogP contribution >= 0.6 is 0 Å². The highest BCUT2D eigenvalue weighted by Crippen LogP contribution is 2.64. The Balaban J connectivity index is 1.11. The van der Waals surface area contributed by atoms with Gasteiger partial charge in [-0.2, -0.15) is 0 Å². The standard InChI is InChI=1S/C59H37NO/c1-3-14-38(15-4-1)39-26-29-42(30-27-39)60(44-32-35-50-49-21-9-12-25-55(49)61-56(50)37-44)43-31-34-48-46-19-7-10-23-52(46)59(54(48)36-43)53-24-11-8-20-47(53)51-22-13-18-41-28-33-45(58(59)57(41)51)40-16-5-2-6-17-40/h1-37H. The van der Waals surface area contributed by atoms with E-state index in [0.717, 1.165) is 39.0 Å². The fourth-order valence-electron chi connectivity index (χ4n) is 10.7. The van der Waals surface area contributed by atoms with E-state index in [0.29, 0.717) is 0 Å². The summed E-state index contributed by atoms with van der Waals surface area (Å²) in [6, 6.07) is 82.5. The minimum absolute atomic E-state index is 0.608. The molecule has 1 aromatic heterocycles. The zero-order chi connectivity index (χ0) is 40.1. The van der Waals surface area contributed by atoms with Crippen molar-refractivity contribution < 1.29 is 4.42 Å². The summed E-state index contributed by atoms with van der Waals surface area (Å²) in [6.45, 7) is 0. The van der Waals surface area contributed by atoms with Crippen LogP contribution in [0.25, 0.3) is 77.2 Å². The first-order valence-electron chi connectivity index (χ1n) is 21.1. The molecule has 0 N–H and O–H groups in total. The van der Waals surface area contributed by atoms with Crippen LogP contribution < -0.4 is 4.90 Å². The molecule has 0 saturated carbocycles. The van der Waals surface area contributed by atoms with Gasteiger partial charge in [0.15, 0.2) is 0 Å². The number of fused-ring (bicyclic) bond motifs is 12. The number of benzene rings is 10. The summed E-state index contributed by atoms with van der Waals surface area (Å²) in [7, 11) is 0. The Morgan fingerprint density at radius 1 is 0.328 bits per heavy atom. The summed E-state index contributed by atoms with van der Waals surface area (Å²) in [5.74, 6) is 0. The van der Waals surface area contributed by atoms with Crippen molar-refractivity contribution in [3.05, 3.63) is 247 Å². The SMILES string of the molecule is c1ccc(-c2ccc(N(c3ccc4c(c3)C3(c5ccccc5-4)c4ccccc4-c4cccc5ccc(-c6ccccc6)c3c45)c3ccc4c(c3)oc3ccccc34)cc2)cc1. The van der Waals surface area contributed by atoms with E-state index in [1.807, 2.05) is 6.07 Å². The van der Waals surface area contributed by atoms with Crippen LogP contribution in [0.4, 0.5) is 17.1 Å². The molecule has 11 aromatic rings. The molecule has 0 bridgehead atoms. The zero-order valence-electron chi connectivity index (χ0n) is 33.2. The van der Waals surface area contributed by atoms with Gasteiger partial charge in [0.25, 0.3) is 0 Å². The molecule has 10 aromatic carbocycles. The second-order valence-corrected chi connectivity index (χ2v) is 16.4. The predicted octanol–water partition coefficient (Wildman–Crippen LogP) is 15.9. The Bertz CT molecular complexity index is 3530. The molecule has 0 amide bonds. The van der Waals surface area contributed by atoms with Crippen molar-refractivity contribution in [2.45, 2.75) is 5.41 Å². The molecule has 0 aliphatic heterocycles. The van der Waals surface area contributed by atoms with Crippen molar-refractivity contribution >= 4 is 49.8 Å². The Kier molecular flexibility index (Phi) is 7.26. The minimum atomic E-state index is -0.608. The van der Waals surface area contributed by atoms with Crippen LogP contribution in [0.5, 0.6) is 0 Å². The lowest BCUT2D eigenvalue weighted by Gasteiger charge is -2.41. The van der Waals surface area contributed by atoms with Gasteiger partial charge in [0.1, 0.15) is 11.2 Å². The van der Waals surface area contributed by atoms with Crippen LogP contribution in [-0.2, 0) is 5.41 Å². The molecule has 1 atom stereocenters. The highest BCUT2D eigenvalue weighted by molar-refractivity contribution is 6.10. The Morgan fingerprint density at radius 3 is 1.67 bits per heavy atom. The van der Waals surface area contributed by atoms with Gasteiger partial charge in [-0.25, -0.2) is 0 Å². The maximum absolute atomic E-state index is 6.53. The lowest BCUT2D eigenvalue weighted by atomic mass is 9.60. The third-order valence-electron chi connectivity index (χ3n) is 13.3. The van der Waals surface area contributed by atoms with Gasteiger partial charge in [0.05, 0.1) is 5.41 Å². The smallest absolute Gasteiger partial charge is 0.137 e. The fourth-order valence-corrected chi connectivity index (χ4v) is 10.7. The average Bonchev–Trinajstić information content (AvgIpc) is 3.84. The Hall–Kier alpha value is -7.94. The zero-order valence-corrected chi connectivity index (χ0v) is 33.2. The van der Waals surface area contributed by atoms with Crippen LogP contribution in [0.3, 0.4) is 0 Å². The van der Waals surface area contributed by atoms with Crippen LogP contribution in [0, 0.1) is 0 Å². The van der Waals surface area contributed by atoms with E-state index < -0.39 is 5.41 Å². The van der Waals surface area contributed by atoms with E-state index in [9.17, 15) is 0 Å². The van der Waals surface area contributed by atoms with Crippen LogP contribution in [-0.4, -0.2) is 0 Å². The van der Waals surface area contributed by atoms with Crippen LogP contribution in [0.1, 0.15) is 22.3 Å². The first kappa shape index (κ1) is 34.0. The molecule has 61 heavy (non-hydrogen) atoms. The van der Waals surface area contributed by atoms with Crippen molar-refractivity contribution in [3.8, 4) is 44.5 Å². The number of rotatable bonds is 5. The summed E-state index contributed by atoms with van der Waals surface area (Å²) < 4.78 is 6.53. The predicted molar refractivity (Wildman–Crippen MR) is 253 cm³/mol. The van der Waals surface area contributed by atoms with Crippen molar-refractivity contribution in [2.75, 3.05) is 4.90 Å². The number of para-hydroxylation sites is 1. The Morgan fingerprint density at radius 2 is 0.885 bits per heavy atom. The van der Waals surface area contributed by atoms with Gasteiger partial charge in [-0.15, -0.1) is 0 Å². The summed E-state index contributed by atoms with van der Waals surface area (Å²) in [4.78, 5) is 2.40. The molecular weight excluding hydrogens is 739 g/mol. The van der Waals surface area contributed by atoms with E-state index in [2.05, 4.69) is 223 Å². The molecule has 1 spiro atoms. The topological polar surface area (TPSA) is 16.4 Å². The van der Waals surface area contributed by atoms with Gasteiger partial charge in [0, 0.05) is 33.9 Å². The molecule has 1 unspecified atom stereocenters. The van der Waals surface area contributed by atoms with E-state index in [1.165, 1.54) is 77.5 Å². The number of hydrogen-bond donors (Lipinski definition) is 0. The van der Waals surface area contributed by atoms with Gasteiger partial charge >= 0.3 is 0 Å². The van der Waals surface area contributed by atoms with Crippen LogP contribution in [0.15, 0.2) is 229 Å². The summed E-state index contributed by atoms with van der Waals surface area (Å²) in [5, 5.41) is 4.81. The molecule has 13 rings (SSSR count). The molecule has 2 heteroatoms. The first-order valence-corrected chi connectivity index (χ1v) is 21.1. The van der Waals surface area contributed by atoms with Gasteiger partial charge < -0.3 is 9.32 Å². The number of anilines is 3. The highest BCUT2D eigenvalue weighted by atomic mass is 16.3. The molecule has 2 aliphatic rings. The largest absolute Gasteiger partial charge is 0.456 e. The summed E-state index contributed by atoms with van der Waals surface area (Å²) >= 11 is 0. The number of furan rings is 1. The molecule has 0 saturated heterocycles. The highest BCUT2D eigenvalue weighted by Gasteiger charge is 2.51.